The fourth-order valence-electron chi connectivity index (χ4n) is 4.13. The van der Waals surface area contributed by atoms with Gasteiger partial charge in [-0.15, -0.1) is 24.8 Å². The van der Waals surface area contributed by atoms with Crippen LogP contribution in [0.3, 0.4) is 0 Å². The van der Waals surface area contributed by atoms with E-state index in [2.05, 4.69) is 12.1 Å². The summed E-state index contributed by atoms with van der Waals surface area (Å²) >= 11 is 0. The van der Waals surface area contributed by atoms with Gasteiger partial charge < -0.3 is 4.74 Å². The monoisotopic (exact) mass is 464 g/mol. The van der Waals surface area contributed by atoms with E-state index in [1.165, 1.54) is 13.0 Å². The van der Waals surface area contributed by atoms with Gasteiger partial charge >= 0.3 is 6.18 Å². The van der Waals surface area contributed by atoms with Gasteiger partial charge in [-0.05, 0) is 54.9 Å². The minimum Gasteiger partial charge on any atom is -0.496 e. The minimum absolute atomic E-state index is 0. The molecular weight excluding hydrogens is 436 g/mol. The van der Waals surface area contributed by atoms with Gasteiger partial charge in [0.25, 0.3) is 0 Å². The highest BCUT2D eigenvalue weighted by molar-refractivity contribution is 5.85. The molecule has 0 amide bonds. The van der Waals surface area contributed by atoms with Crippen LogP contribution in [-0.2, 0) is 6.42 Å². The first-order valence-corrected chi connectivity index (χ1v) is 9.61. The molecule has 0 radical (unpaired) electrons. The van der Waals surface area contributed by atoms with Crippen molar-refractivity contribution in [2.75, 3.05) is 13.7 Å². The van der Waals surface area contributed by atoms with Crippen LogP contribution in [0.25, 0.3) is 0 Å². The number of halogens is 5. The zero-order chi connectivity index (χ0) is 20.3. The van der Waals surface area contributed by atoms with Gasteiger partial charge in [0.05, 0.1) is 19.1 Å². The SMILES string of the molecule is COc1ccc(C(C)C(F)(F)F)cc1C[C@@H]1CCCN(N)[C@@H]1c1ccccc1.Cl.Cl. The molecule has 1 heterocycles. The molecule has 168 valence electrons. The lowest BCUT2D eigenvalue weighted by Crippen LogP contribution is -2.44. The van der Waals surface area contributed by atoms with Gasteiger partial charge in [-0.2, -0.15) is 13.2 Å². The molecule has 3 rings (SSSR count). The zero-order valence-electron chi connectivity index (χ0n) is 17.1. The maximum atomic E-state index is 13.2. The zero-order valence-corrected chi connectivity index (χ0v) is 18.7. The van der Waals surface area contributed by atoms with Gasteiger partial charge in [-0.25, -0.2) is 5.01 Å². The van der Waals surface area contributed by atoms with Crippen molar-refractivity contribution in [2.24, 2.45) is 11.8 Å². The lowest BCUT2D eigenvalue weighted by Gasteiger charge is -2.39. The molecule has 0 spiro atoms. The molecule has 2 N–H and O–H groups in total. The normalized spacial score (nSPS) is 20.6. The lowest BCUT2D eigenvalue weighted by molar-refractivity contribution is -0.146. The Balaban J connectivity index is 0.00000225. The third kappa shape index (κ3) is 6.03. The second kappa shape index (κ2) is 11.2. The Morgan fingerprint density at radius 1 is 1.13 bits per heavy atom. The molecule has 3 atom stereocenters. The fourth-order valence-corrected chi connectivity index (χ4v) is 4.13. The van der Waals surface area contributed by atoms with Crippen LogP contribution in [0.4, 0.5) is 13.2 Å². The number of nitrogens with zero attached hydrogens (tertiary/aromatic N) is 1. The van der Waals surface area contributed by atoms with E-state index in [9.17, 15) is 13.2 Å². The van der Waals surface area contributed by atoms with Crippen molar-refractivity contribution in [3.05, 3.63) is 65.2 Å². The summed E-state index contributed by atoms with van der Waals surface area (Å²) in [6.45, 7) is 2.00. The number of hydrazine groups is 1. The summed E-state index contributed by atoms with van der Waals surface area (Å²) in [5, 5.41) is 1.86. The highest BCUT2D eigenvalue weighted by Crippen LogP contribution is 2.40. The number of piperidine rings is 1. The number of benzene rings is 2. The van der Waals surface area contributed by atoms with Crippen LogP contribution in [-0.4, -0.2) is 24.8 Å². The number of methoxy groups -OCH3 is 1. The van der Waals surface area contributed by atoms with E-state index in [1.807, 2.05) is 23.2 Å². The average molecular weight is 465 g/mol. The summed E-state index contributed by atoms with van der Waals surface area (Å²) in [5.41, 5.74) is 2.20. The fraction of sp³-hybridized carbons (Fsp3) is 0.455. The average Bonchev–Trinajstić information content (AvgIpc) is 2.67. The highest BCUT2D eigenvalue weighted by atomic mass is 35.5. The second-order valence-electron chi connectivity index (χ2n) is 7.53. The largest absolute Gasteiger partial charge is 0.496 e. The minimum atomic E-state index is -4.27. The topological polar surface area (TPSA) is 38.5 Å². The van der Waals surface area contributed by atoms with Gasteiger partial charge in [-0.1, -0.05) is 42.5 Å². The third-order valence-electron chi connectivity index (χ3n) is 5.71. The summed E-state index contributed by atoms with van der Waals surface area (Å²) < 4.78 is 45.0. The smallest absolute Gasteiger partial charge is 0.395 e. The molecule has 1 saturated heterocycles. The van der Waals surface area contributed by atoms with Crippen molar-refractivity contribution in [1.29, 1.82) is 0 Å². The van der Waals surface area contributed by atoms with Crippen LogP contribution < -0.4 is 10.6 Å². The van der Waals surface area contributed by atoms with Crippen molar-refractivity contribution < 1.29 is 17.9 Å². The molecule has 8 heteroatoms. The van der Waals surface area contributed by atoms with Crippen LogP contribution in [0.1, 0.15) is 48.4 Å². The van der Waals surface area contributed by atoms with Gasteiger partial charge in [0.2, 0.25) is 0 Å². The van der Waals surface area contributed by atoms with Crippen molar-refractivity contribution in [2.45, 2.75) is 44.3 Å². The molecule has 3 nitrogen and oxygen atoms in total. The van der Waals surface area contributed by atoms with Crippen LogP contribution in [0.15, 0.2) is 48.5 Å². The molecule has 1 aliphatic heterocycles. The van der Waals surface area contributed by atoms with E-state index in [0.717, 1.165) is 30.5 Å². The van der Waals surface area contributed by atoms with Crippen molar-refractivity contribution in [3.63, 3.8) is 0 Å². The Hall–Kier alpha value is -1.47. The van der Waals surface area contributed by atoms with E-state index in [4.69, 9.17) is 10.6 Å². The van der Waals surface area contributed by atoms with Gasteiger partial charge in [0.1, 0.15) is 5.75 Å². The second-order valence-corrected chi connectivity index (χ2v) is 7.53. The first-order chi connectivity index (χ1) is 13.3. The van der Waals surface area contributed by atoms with Crippen LogP contribution in [0, 0.1) is 5.92 Å². The molecule has 0 bridgehead atoms. The highest BCUT2D eigenvalue weighted by Gasteiger charge is 2.37. The molecule has 2 aromatic carbocycles. The predicted octanol–water partition coefficient (Wildman–Crippen LogP) is 6.07. The van der Waals surface area contributed by atoms with Crippen molar-refractivity contribution in [3.8, 4) is 5.75 Å². The molecule has 30 heavy (non-hydrogen) atoms. The number of hydrogen-bond donors (Lipinski definition) is 1. The maximum Gasteiger partial charge on any atom is 0.395 e. The Morgan fingerprint density at radius 2 is 1.80 bits per heavy atom. The van der Waals surface area contributed by atoms with Gasteiger partial charge in [0, 0.05) is 6.54 Å². The predicted molar refractivity (Wildman–Crippen MR) is 118 cm³/mol. The van der Waals surface area contributed by atoms with E-state index in [-0.39, 0.29) is 42.3 Å². The molecule has 0 aliphatic carbocycles. The summed E-state index contributed by atoms with van der Waals surface area (Å²) in [4.78, 5) is 0. The van der Waals surface area contributed by atoms with Crippen molar-refractivity contribution in [1.82, 2.24) is 5.01 Å². The van der Waals surface area contributed by atoms with E-state index in [0.29, 0.717) is 12.2 Å². The van der Waals surface area contributed by atoms with Gasteiger partial charge in [0.15, 0.2) is 0 Å². The quantitative estimate of drug-likeness (QED) is 0.545. The van der Waals surface area contributed by atoms with Gasteiger partial charge in [-0.3, -0.25) is 5.84 Å². The summed E-state index contributed by atoms with van der Waals surface area (Å²) in [6.07, 6.45) is -1.72. The molecule has 0 saturated carbocycles. The third-order valence-corrected chi connectivity index (χ3v) is 5.71. The summed E-state index contributed by atoms with van der Waals surface area (Å²) in [6, 6.07) is 14.9. The summed E-state index contributed by atoms with van der Waals surface area (Å²) in [5.74, 6) is 5.62. The first kappa shape index (κ1) is 26.6. The Labute approximate surface area is 188 Å². The number of hydrogen-bond acceptors (Lipinski definition) is 3. The first-order valence-electron chi connectivity index (χ1n) is 9.61. The standard InChI is InChI=1S/C22H27F3N2O.2ClH/c1-15(22(23,24)25)17-10-11-20(28-2)19(13-17)14-18-9-6-12-27(26)21(18)16-7-4-3-5-8-16;;/h3-5,7-8,10-11,13,15,18,21H,6,9,12,14,26H2,1-2H3;2*1H/t15?,18-,21+;;/m0../s1. The summed E-state index contributed by atoms with van der Waals surface area (Å²) in [7, 11) is 1.55. The van der Waals surface area contributed by atoms with E-state index < -0.39 is 12.1 Å². The molecular formula is C22H29Cl2F3N2O. The Bertz CT molecular complexity index is 790. The molecule has 1 fully saturated rings. The van der Waals surface area contributed by atoms with Crippen LogP contribution >= 0.6 is 24.8 Å². The van der Waals surface area contributed by atoms with Crippen LogP contribution in [0.2, 0.25) is 0 Å². The number of rotatable bonds is 5. The Morgan fingerprint density at radius 3 is 2.40 bits per heavy atom. The number of ether oxygens (including phenoxy) is 1. The molecule has 2 aromatic rings. The lowest BCUT2D eigenvalue weighted by atomic mass is 9.81. The maximum absolute atomic E-state index is 13.2. The van der Waals surface area contributed by atoms with E-state index in [1.54, 1.807) is 19.2 Å². The van der Waals surface area contributed by atoms with E-state index >= 15 is 0 Å². The van der Waals surface area contributed by atoms with Crippen molar-refractivity contribution >= 4 is 24.8 Å². The Kier molecular flexibility index (Phi) is 9.95. The molecule has 1 aliphatic rings. The number of nitrogens with two attached hydrogens (primary N) is 1. The molecule has 0 aromatic heterocycles. The molecule has 1 unspecified atom stereocenters. The number of alkyl halides is 3. The van der Waals surface area contributed by atoms with Crippen LogP contribution in [0.5, 0.6) is 5.75 Å².